The molecule has 0 radical (unpaired) electrons. The third-order valence-electron chi connectivity index (χ3n) is 4.97. The summed E-state index contributed by atoms with van der Waals surface area (Å²) in [7, 11) is 0. The van der Waals surface area contributed by atoms with Crippen molar-refractivity contribution < 1.29 is 0 Å². The first kappa shape index (κ1) is 14.9. The van der Waals surface area contributed by atoms with Crippen molar-refractivity contribution in [2.24, 2.45) is 0 Å². The predicted octanol–water partition coefficient (Wildman–Crippen LogP) is 3.09. The second kappa shape index (κ2) is 6.07. The molecule has 2 aliphatic rings. The van der Waals surface area contributed by atoms with Gasteiger partial charge in [0.15, 0.2) is 5.13 Å². The Morgan fingerprint density at radius 2 is 2.09 bits per heavy atom. The lowest BCUT2D eigenvalue weighted by Crippen LogP contribution is -2.33. The van der Waals surface area contributed by atoms with Crippen LogP contribution in [0.3, 0.4) is 0 Å². The molecule has 2 aromatic heterocycles. The minimum Gasteiger partial charge on any atom is -0.359 e. The highest BCUT2D eigenvalue weighted by Crippen LogP contribution is 2.30. The van der Waals surface area contributed by atoms with Crippen molar-refractivity contribution in [1.82, 2.24) is 14.8 Å². The van der Waals surface area contributed by atoms with Gasteiger partial charge in [0.25, 0.3) is 5.56 Å². The molecule has 1 saturated carbocycles. The van der Waals surface area contributed by atoms with Gasteiger partial charge in [-0.15, -0.1) is 11.3 Å². The zero-order valence-electron chi connectivity index (χ0n) is 13.4. The Balaban J connectivity index is 1.42. The van der Waals surface area contributed by atoms with Crippen LogP contribution in [0, 0.1) is 6.92 Å². The van der Waals surface area contributed by atoms with Crippen molar-refractivity contribution in [3.05, 3.63) is 38.8 Å². The largest absolute Gasteiger partial charge is 0.359 e. The van der Waals surface area contributed by atoms with Gasteiger partial charge >= 0.3 is 0 Å². The van der Waals surface area contributed by atoms with E-state index in [2.05, 4.69) is 20.8 Å². The van der Waals surface area contributed by atoms with Gasteiger partial charge in [-0.3, -0.25) is 4.79 Å². The second-order valence-corrected chi connectivity index (χ2v) is 7.55. The summed E-state index contributed by atoms with van der Waals surface area (Å²) >= 11 is 1.67. The second-order valence-electron chi connectivity index (χ2n) is 6.70. The van der Waals surface area contributed by atoms with Crippen LogP contribution in [0.15, 0.2) is 16.2 Å². The van der Waals surface area contributed by atoms with Gasteiger partial charge in [0.1, 0.15) is 0 Å². The van der Waals surface area contributed by atoms with Crippen LogP contribution >= 0.6 is 11.3 Å². The Labute approximate surface area is 139 Å². The highest BCUT2D eigenvalue weighted by Gasteiger charge is 2.25. The molecule has 2 aromatic rings. The Morgan fingerprint density at radius 3 is 2.83 bits per heavy atom. The van der Waals surface area contributed by atoms with Gasteiger partial charge < -0.3 is 5.32 Å². The monoisotopic (exact) mass is 330 g/mol. The molecule has 1 N–H and O–H groups in total. The quantitative estimate of drug-likeness (QED) is 0.939. The number of hydrogen-bond acceptors (Lipinski definition) is 5. The summed E-state index contributed by atoms with van der Waals surface area (Å²) in [5.41, 5.74) is 3.46. The Morgan fingerprint density at radius 1 is 1.26 bits per heavy atom. The summed E-state index contributed by atoms with van der Waals surface area (Å²) < 4.78 is 1.76. The van der Waals surface area contributed by atoms with Crippen molar-refractivity contribution >= 4 is 16.5 Å². The van der Waals surface area contributed by atoms with Crippen LogP contribution in [0.2, 0.25) is 0 Å². The van der Waals surface area contributed by atoms with E-state index >= 15 is 0 Å². The maximum atomic E-state index is 12.3. The van der Waals surface area contributed by atoms with Crippen LogP contribution in [0.4, 0.5) is 5.13 Å². The number of thiazole rings is 1. The molecule has 0 amide bonds. The minimum atomic E-state index is 0.0811. The van der Waals surface area contributed by atoms with E-state index in [-0.39, 0.29) is 11.6 Å². The maximum absolute atomic E-state index is 12.3. The number of fused-ring (bicyclic) bond motifs is 1. The summed E-state index contributed by atoms with van der Waals surface area (Å²) in [5.74, 6) is 0. The van der Waals surface area contributed by atoms with E-state index in [0.717, 1.165) is 61.5 Å². The van der Waals surface area contributed by atoms with Gasteiger partial charge in [-0.1, -0.05) is 0 Å². The maximum Gasteiger partial charge on any atom is 0.267 e. The van der Waals surface area contributed by atoms with Crippen molar-refractivity contribution in [2.45, 2.75) is 64.0 Å². The first-order valence-corrected chi connectivity index (χ1v) is 9.37. The molecule has 0 aromatic carbocycles. The van der Waals surface area contributed by atoms with Crippen LogP contribution in [-0.2, 0) is 12.8 Å². The van der Waals surface area contributed by atoms with E-state index in [9.17, 15) is 4.79 Å². The highest BCUT2D eigenvalue weighted by molar-refractivity contribution is 7.13. The molecule has 1 fully saturated rings. The summed E-state index contributed by atoms with van der Waals surface area (Å²) in [6.07, 6.45) is 7.32. The molecular weight excluding hydrogens is 308 g/mol. The number of anilines is 1. The SMILES string of the molecule is Cc1csc(NC2CCC(n3nc4c(cc3=O)CCC4)CC2)n1. The van der Waals surface area contributed by atoms with Gasteiger partial charge in [0.2, 0.25) is 0 Å². The number of aryl methyl sites for hydroxylation is 3. The van der Waals surface area contributed by atoms with Crippen LogP contribution in [0.25, 0.3) is 0 Å². The molecular formula is C17H22N4OS. The van der Waals surface area contributed by atoms with E-state index < -0.39 is 0 Å². The fourth-order valence-electron chi connectivity index (χ4n) is 3.74. The molecule has 0 aliphatic heterocycles. The van der Waals surface area contributed by atoms with Crippen molar-refractivity contribution in [3.63, 3.8) is 0 Å². The lowest BCUT2D eigenvalue weighted by atomic mass is 9.91. The van der Waals surface area contributed by atoms with Gasteiger partial charge in [-0.2, -0.15) is 5.10 Å². The van der Waals surface area contributed by atoms with E-state index in [1.807, 2.05) is 13.0 Å². The third-order valence-corrected chi connectivity index (χ3v) is 5.86. The van der Waals surface area contributed by atoms with Crippen molar-refractivity contribution in [2.75, 3.05) is 5.32 Å². The van der Waals surface area contributed by atoms with Crippen LogP contribution in [-0.4, -0.2) is 20.8 Å². The summed E-state index contributed by atoms with van der Waals surface area (Å²) in [4.78, 5) is 16.8. The molecule has 0 unspecified atom stereocenters. The fourth-order valence-corrected chi connectivity index (χ4v) is 4.50. The van der Waals surface area contributed by atoms with Gasteiger partial charge in [0, 0.05) is 17.5 Å². The first-order chi connectivity index (χ1) is 11.2. The smallest absolute Gasteiger partial charge is 0.267 e. The third kappa shape index (κ3) is 3.04. The van der Waals surface area contributed by atoms with Crippen molar-refractivity contribution in [1.29, 1.82) is 0 Å². The number of nitrogens with one attached hydrogen (secondary N) is 1. The van der Waals surface area contributed by atoms with E-state index in [0.29, 0.717) is 6.04 Å². The van der Waals surface area contributed by atoms with Gasteiger partial charge in [0.05, 0.1) is 17.4 Å². The molecule has 122 valence electrons. The first-order valence-electron chi connectivity index (χ1n) is 8.49. The topological polar surface area (TPSA) is 59.8 Å². The number of rotatable bonds is 3. The minimum absolute atomic E-state index is 0.0811. The highest BCUT2D eigenvalue weighted by atomic mass is 32.1. The lowest BCUT2D eigenvalue weighted by Gasteiger charge is -2.29. The van der Waals surface area contributed by atoms with Crippen LogP contribution < -0.4 is 10.9 Å². The fraction of sp³-hybridized carbons (Fsp3) is 0.588. The Kier molecular flexibility index (Phi) is 3.93. The summed E-state index contributed by atoms with van der Waals surface area (Å²) in [6, 6.07) is 2.53. The lowest BCUT2D eigenvalue weighted by molar-refractivity contribution is 0.302. The zero-order valence-corrected chi connectivity index (χ0v) is 14.2. The molecule has 2 heterocycles. The molecule has 5 nitrogen and oxygen atoms in total. The molecule has 6 heteroatoms. The normalized spacial score (nSPS) is 23.7. The molecule has 23 heavy (non-hydrogen) atoms. The average molecular weight is 330 g/mol. The Hall–Kier alpha value is -1.69. The van der Waals surface area contributed by atoms with Crippen LogP contribution in [0.1, 0.15) is 55.1 Å². The zero-order chi connectivity index (χ0) is 15.8. The molecule has 0 spiro atoms. The standard InChI is InChI=1S/C17H22N4OS/c1-11-10-23-17(18-11)19-13-5-7-14(8-6-13)21-16(22)9-12-3-2-4-15(12)20-21/h9-10,13-14H,2-8H2,1H3,(H,18,19). The molecule has 0 bridgehead atoms. The molecule has 2 aliphatic carbocycles. The molecule has 4 rings (SSSR count). The van der Waals surface area contributed by atoms with Crippen LogP contribution in [0.5, 0.6) is 0 Å². The summed E-state index contributed by atoms with van der Waals surface area (Å²) in [6.45, 7) is 2.02. The molecule has 0 atom stereocenters. The van der Waals surface area contributed by atoms with E-state index in [1.165, 1.54) is 5.56 Å². The number of hydrogen-bond donors (Lipinski definition) is 1. The van der Waals surface area contributed by atoms with Gasteiger partial charge in [-0.25, -0.2) is 9.67 Å². The molecule has 0 saturated heterocycles. The van der Waals surface area contributed by atoms with Gasteiger partial charge in [-0.05, 0) is 57.4 Å². The van der Waals surface area contributed by atoms with Crippen molar-refractivity contribution in [3.8, 4) is 0 Å². The average Bonchev–Trinajstić information content (AvgIpc) is 3.16. The number of aromatic nitrogens is 3. The van der Waals surface area contributed by atoms with E-state index in [4.69, 9.17) is 0 Å². The summed E-state index contributed by atoms with van der Waals surface area (Å²) in [5, 5.41) is 11.3. The Bertz CT molecular complexity index is 758. The number of nitrogens with zero attached hydrogens (tertiary/aromatic N) is 3. The predicted molar refractivity (Wildman–Crippen MR) is 92.3 cm³/mol. The van der Waals surface area contributed by atoms with E-state index in [1.54, 1.807) is 16.0 Å².